The summed E-state index contributed by atoms with van der Waals surface area (Å²) in [4.78, 5) is 39.8. The van der Waals surface area contributed by atoms with Crippen molar-refractivity contribution in [1.29, 1.82) is 0 Å². The van der Waals surface area contributed by atoms with Crippen LogP contribution in [-0.4, -0.2) is 78.2 Å². The lowest BCUT2D eigenvalue weighted by Crippen LogP contribution is -2.44. The fourth-order valence-electron chi connectivity index (χ4n) is 3.23. The third-order valence-electron chi connectivity index (χ3n) is 5.11. The smallest absolute Gasteiger partial charge is 0.270 e. The quantitative estimate of drug-likeness (QED) is 0.248. The van der Waals surface area contributed by atoms with Crippen molar-refractivity contribution in [2.75, 3.05) is 47.1 Å². The van der Waals surface area contributed by atoms with Gasteiger partial charge in [0.2, 0.25) is 5.91 Å². The Kier molecular flexibility index (Phi) is 10.3. The van der Waals surface area contributed by atoms with Crippen molar-refractivity contribution in [2.45, 2.75) is 13.0 Å². The number of nitro groups is 1. The summed E-state index contributed by atoms with van der Waals surface area (Å²) in [6, 6.07) is 7.47. The van der Waals surface area contributed by atoms with Crippen LogP contribution in [-0.2, 0) is 27.9 Å². The zero-order valence-electron chi connectivity index (χ0n) is 19.0. The van der Waals surface area contributed by atoms with Gasteiger partial charge in [-0.15, -0.1) is 0 Å². The normalized spacial score (nSPS) is 10.8. The number of aryl methyl sites for hydroxylation is 1. The Labute approximate surface area is 197 Å². The van der Waals surface area contributed by atoms with Crippen LogP contribution < -0.4 is 0 Å². The maximum Gasteiger partial charge on any atom is 0.270 e. The van der Waals surface area contributed by atoms with Crippen LogP contribution in [0, 0.1) is 10.1 Å². The number of methoxy groups -OCH3 is 2. The molecule has 10 nitrogen and oxygen atoms in total. The van der Waals surface area contributed by atoms with Gasteiger partial charge in [-0.2, -0.15) is 0 Å². The molecule has 0 saturated carbocycles. The van der Waals surface area contributed by atoms with Gasteiger partial charge in [0.1, 0.15) is 6.54 Å². The van der Waals surface area contributed by atoms with E-state index < -0.39 is 10.8 Å². The first-order valence-electron chi connectivity index (χ1n) is 10.4. The molecule has 1 aromatic heterocycles. The first kappa shape index (κ1) is 26.3. The van der Waals surface area contributed by atoms with Gasteiger partial charge in [-0.25, -0.2) is 0 Å². The Morgan fingerprint density at radius 1 is 1.12 bits per heavy atom. The Hall–Kier alpha value is -2.95. The van der Waals surface area contributed by atoms with E-state index in [1.165, 1.54) is 17.0 Å². The molecule has 2 rings (SSSR count). The van der Waals surface area contributed by atoms with Crippen LogP contribution in [0.3, 0.4) is 0 Å². The molecule has 0 saturated heterocycles. The number of halogens is 1. The van der Waals surface area contributed by atoms with Crippen LogP contribution in [0.5, 0.6) is 0 Å². The summed E-state index contributed by atoms with van der Waals surface area (Å²) in [5.74, 6) is -0.734. The molecule has 0 N–H and O–H groups in total. The third-order valence-corrected chi connectivity index (χ3v) is 5.42. The molecule has 2 aromatic rings. The molecule has 1 aromatic carbocycles. The van der Waals surface area contributed by atoms with E-state index in [0.717, 1.165) is 11.8 Å². The summed E-state index contributed by atoms with van der Waals surface area (Å²) in [7, 11) is 5.00. The number of rotatable bonds is 13. The van der Waals surface area contributed by atoms with Crippen molar-refractivity contribution >= 4 is 29.1 Å². The molecule has 0 atom stereocenters. The number of hydrogen-bond donors (Lipinski definition) is 0. The number of carbonyl (C=O) groups excluding carboxylic acids is 2. The van der Waals surface area contributed by atoms with Crippen LogP contribution in [0.1, 0.15) is 22.5 Å². The third kappa shape index (κ3) is 7.55. The number of aromatic nitrogens is 1. The van der Waals surface area contributed by atoms with E-state index in [2.05, 4.69) is 0 Å². The lowest BCUT2D eigenvalue weighted by atomic mass is 10.1. The Morgan fingerprint density at radius 2 is 1.85 bits per heavy atom. The van der Waals surface area contributed by atoms with E-state index >= 15 is 0 Å². The van der Waals surface area contributed by atoms with Gasteiger partial charge < -0.3 is 23.8 Å². The number of nitro benzene ring substituents is 1. The molecule has 0 aliphatic rings. The number of amides is 2. The summed E-state index contributed by atoms with van der Waals surface area (Å²) in [6.07, 6.45) is 2.40. The van der Waals surface area contributed by atoms with Crippen LogP contribution in [0.15, 0.2) is 36.5 Å². The van der Waals surface area contributed by atoms with Gasteiger partial charge in [-0.3, -0.25) is 19.7 Å². The highest BCUT2D eigenvalue weighted by Gasteiger charge is 2.25. The Morgan fingerprint density at radius 3 is 2.42 bits per heavy atom. The molecular weight excluding hydrogens is 452 g/mol. The fourth-order valence-corrected chi connectivity index (χ4v) is 3.48. The van der Waals surface area contributed by atoms with Gasteiger partial charge >= 0.3 is 0 Å². The first-order chi connectivity index (χ1) is 15.8. The summed E-state index contributed by atoms with van der Waals surface area (Å²) in [5.41, 5.74) is 0.820. The zero-order valence-corrected chi connectivity index (χ0v) is 19.8. The van der Waals surface area contributed by atoms with Crippen molar-refractivity contribution in [3.63, 3.8) is 0 Å². The average Bonchev–Trinajstić information content (AvgIpc) is 3.19. The fraction of sp³-hybridized carbons (Fsp3) is 0.455. The van der Waals surface area contributed by atoms with Crippen molar-refractivity contribution in [1.82, 2.24) is 14.4 Å². The minimum absolute atomic E-state index is 0.0431. The van der Waals surface area contributed by atoms with Gasteiger partial charge in [0.05, 0.1) is 28.7 Å². The van der Waals surface area contributed by atoms with Crippen LogP contribution in [0.2, 0.25) is 5.02 Å². The van der Waals surface area contributed by atoms with Crippen molar-refractivity contribution in [2.24, 2.45) is 7.05 Å². The molecule has 0 bridgehead atoms. The molecule has 11 heteroatoms. The van der Waals surface area contributed by atoms with E-state index in [1.54, 1.807) is 19.1 Å². The lowest BCUT2D eigenvalue weighted by Gasteiger charge is -2.28. The Bertz CT molecular complexity index is 964. The Balaban J connectivity index is 2.23. The minimum Gasteiger partial charge on any atom is -0.385 e. The number of hydrogen-bond acceptors (Lipinski definition) is 6. The molecule has 0 unspecified atom stereocenters. The zero-order chi connectivity index (χ0) is 24.4. The SMILES string of the molecule is COCCCN(CC(=O)N(CCOC)Cc1cccn1C)C(=O)c1ccc([N+](=O)[O-])cc1Cl. The second kappa shape index (κ2) is 12.9. The highest BCUT2D eigenvalue weighted by Crippen LogP contribution is 2.24. The number of carbonyl (C=O) groups is 2. The molecule has 2 amide bonds. The number of ether oxygens (including phenoxy) is 2. The monoisotopic (exact) mass is 480 g/mol. The molecule has 1 heterocycles. The summed E-state index contributed by atoms with van der Waals surface area (Å²) >= 11 is 6.16. The second-order valence-electron chi connectivity index (χ2n) is 7.41. The van der Waals surface area contributed by atoms with Gasteiger partial charge in [0, 0.05) is 65.0 Å². The predicted molar refractivity (Wildman–Crippen MR) is 123 cm³/mol. The summed E-state index contributed by atoms with van der Waals surface area (Å²) in [6.45, 7) is 1.56. The van der Waals surface area contributed by atoms with E-state index in [-0.39, 0.29) is 35.3 Å². The maximum absolute atomic E-state index is 13.2. The molecular formula is C22H29ClN4O6. The van der Waals surface area contributed by atoms with Gasteiger partial charge in [0.25, 0.3) is 11.6 Å². The number of benzene rings is 1. The number of nitrogens with zero attached hydrogens (tertiary/aromatic N) is 4. The highest BCUT2D eigenvalue weighted by atomic mass is 35.5. The molecule has 0 fully saturated rings. The second-order valence-corrected chi connectivity index (χ2v) is 7.82. The van der Waals surface area contributed by atoms with Crippen molar-refractivity contribution < 1.29 is 24.0 Å². The first-order valence-corrected chi connectivity index (χ1v) is 10.7. The van der Waals surface area contributed by atoms with Crippen LogP contribution in [0.25, 0.3) is 0 Å². The summed E-state index contributed by atoms with van der Waals surface area (Å²) < 4.78 is 12.1. The lowest BCUT2D eigenvalue weighted by molar-refractivity contribution is -0.384. The largest absolute Gasteiger partial charge is 0.385 e. The van der Waals surface area contributed by atoms with Gasteiger partial charge in [-0.05, 0) is 24.6 Å². The average molecular weight is 481 g/mol. The van der Waals surface area contributed by atoms with Gasteiger partial charge in [0.15, 0.2) is 0 Å². The van der Waals surface area contributed by atoms with Crippen LogP contribution >= 0.6 is 11.6 Å². The summed E-state index contributed by atoms with van der Waals surface area (Å²) in [5, 5.41) is 10.9. The standard InChI is InChI=1S/C22H29ClN4O6/c1-24-9-4-6-18(24)15-25(11-13-33-3)21(28)16-26(10-5-12-32-2)22(29)19-8-7-17(27(30)31)14-20(19)23/h4,6-9,14H,5,10-13,15-16H2,1-3H3. The van der Waals surface area contributed by atoms with E-state index in [1.807, 2.05) is 29.9 Å². The molecule has 0 aliphatic heterocycles. The predicted octanol–water partition coefficient (Wildman–Crippen LogP) is 2.74. The molecule has 0 radical (unpaired) electrons. The maximum atomic E-state index is 13.2. The minimum atomic E-state index is -0.586. The molecule has 33 heavy (non-hydrogen) atoms. The van der Waals surface area contributed by atoms with Crippen LogP contribution in [0.4, 0.5) is 5.69 Å². The topological polar surface area (TPSA) is 107 Å². The molecule has 180 valence electrons. The molecule has 0 spiro atoms. The highest BCUT2D eigenvalue weighted by molar-refractivity contribution is 6.34. The van der Waals surface area contributed by atoms with E-state index in [0.29, 0.717) is 32.7 Å². The van der Waals surface area contributed by atoms with E-state index in [4.69, 9.17) is 21.1 Å². The van der Waals surface area contributed by atoms with Crippen molar-refractivity contribution in [3.8, 4) is 0 Å². The van der Waals surface area contributed by atoms with Gasteiger partial charge in [-0.1, -0.05) is 11.6 Å². The number of non-ortho nitro benzene ring substituents is 1. The molecule has 0 aliphatic carbocycles. The van der Waals surface area contributed by atoms with Crippen molar-refractivity contribution in [3.05, 3.63) is 62.9 Å². The van der Waals surface area contributed by atoms with E-state index in [9.17, 15) is 19.7 Å².